The SMILES string of the molecule is CC(C)P(C(C)C)N1CCCC2CCCN=C21. The van der Waals surface area contributed by atoms with Gasteiger partial charge in [0.05, 0.1) is 0 Å². The Hall–Kier alpha value is -0.100. The second kappa shape index (κ2) is 5.69. The number of aliphatic imine (C=N–C) groups is 1. The number of hydrogen-bond acceptors (Lipinski definition) is 2. The summed E-state index contributed by atoms with van der Waals surface area (Å²) in [7, 11) is -0.0379. The summed E-state index contributed by atoms with van der Waals surface area (Å²) in [4.78, 5) is 4.88. The summed E-state index contributed by atoms with van der Waals surface area (Å²) in [5, 5.41) is 0. The van der Waals surface area contributed by atoms with Crippen LogP contribution in [0, 0.1) is 5.92 Å². The van der Waals surface area contributed by atoms with E-state index in [1.165, 1.54) is 38.1 Å². The van der Waals surface area contributed by atoms with Gasteiger partial charge in [-0.1, -0.05) is 27.7 Å². The molecule has 1 unspecified atom stereocenters. The number of fused-ring (bicyclic) bond motifs is 1. The predicted octanol–water partition coefficient (Wildman–Crippen LogP) is 4.10. The van der Waals surface area contributed by atoms with Crippen LogP contribution in [0.1, 0.15) is 53.4 Å². The summed E-state index contributed by atoms with van der Waals surface area (Å²) in [6.07, 6.45) is 5.45. The van der Waals surface area contributed by atoms with Crippen molar-refractivity contribution in [1.29, 1.82) is 0 Å². The van der Waals surface area contributed by atoms with Gasteiger partial charge in [-0.2, -0.15) is 0 Å². The first-order chi connectivity index (χ1) is 8.11. The Morgan fingerprint density at radius 2 is 1.76 bits per heavy atom. The molecule has 2 rings (SSSR count). The molecule has 1 saturated heterocycles. The Morgan fingerprint density at radius 3 is 2.41 bits per heavy atom. The maximum atomic E-state index is 4.88. The van der Waals surface area contributed by atoms with Gasteiger partial charge in [0.15, 0.2) is 0 Å². The third-order valence-electron chi connectivity index (χ3n) is 3.87. The number of piperidine rings is 1. The quantitative estimate of drug-likeness (QED) is 0.692. The van der Waals surface area contributed by atoms with Crippen molar-refractivity contribution >= 4 is 13.9 Å². The van der Waals surface area contributed by atoms with Crippen LogP contribution in [-0.2, 0) is 0 Å². The van der Waals surface area contributed by atoms with E-state index in [0.29, 0.717) is 0 Å². The first kappa shape index (κ1) is 13.3. The van der Waals surface area contributed by atoms with Gasteiger partial charge in [-0.15, -0.1) is 0 Å². The molecule has 98 valence electrons. The Labute approximate surface area is 108 Å². The van der Waals surface area contributed by atoms with Crippen molar-refractivity contribution < 1.29 is 0 Å². The zero-order valence-corrected chi connectivity index (χ0v) is 12.7. The predicted molar refractivity (Wildman–Crippen MR) is 78.2 cm³/mol. The van der Waals surface area contributed by atoms with E-state index in [-0.39, 0.29) is 8.07 Å². The van der Waals surface area contributed by atoms with E-state index in [9.17, 15) is 0 Å². The van der Waals surface area contributed by atoms with Gasteiger partial charge < -0.3 is 4.67 Å². The highest BCUT2D eigenvalue weighted by Gasteiger charge is 2.34. The molecule has 0 bridgehead atoms. The van der Waals surface area contributed by atoms with Crippen molar-refractivity contribution in [3.8, 4) is 0 Å². The average molecular weight is 254 g/mol. The monoisotopic (exact) mass is 254 g/mol. The highest BCUT2D eigenvalue weighted by molar-refractivity contribution is 7.57. The van der Waals surface area contributed by atoms with Gasteiger partial charge in [-0.3, -0.25) is 4.99 Å². The van der Waals surface area contributed by atoms with Crippen LogP contribution in [0.3, 0.4) is 0 Å². The van der Waals surface area contributed by atoms with Gasteiger partial charge in [0.25, 0.3) is 0 Å². The van der Waals surface area contributed by atoms with E-state index >= 15 is 0 Å². The molecule has 1 fully saturated rings. The number of nitrogens with zero attached hydrogens (tertiary/aromatic N) is 2. The van der Waals surface area contributed by atoms with Crippen LogP contribution in [0.5, 0.6) is 0 Å². The van der Waals surface area contributed by atoms with Crippen LogP contribution in [0.25, 0.3) is 0 Å². The zero-order valence-electron chi connectivity index (χ0n) is 11.8. The lowest BCUT2D eigenvalue weighted by Gasteiger charge is -2.45. The van der Waals surface area contributed by atoms with E-state index < -0.39 is 0 Å². The lowest BCUT2D eigenvalue weighted by molar-refractivity contribution is 0.401. The summed E-state index contributed by atoms with van der Waals surface area (Å²) in [5.41, 5.74) is 1.57. The van der Waals surface area contributed by atoms with Gasteiger partial charge in [0.2, 0.25) is 0 Å². The van der Waals surface area contributed by atoms with Gasteiger partial charge in [-0.05, 0) is 45.1 Å². The molecular weight excluding hydrogens is 227 g/mol. The van der Waals surface area contributed by atoms with E-state index in [0.717, 1.165) is 23.8 Å². The third-order valence-corrected chi connectivity index (χ3v) is 6.95. The Morgan fingerprint density at radius 1 is 1.12 bits per heavy atom. The van der Waals surface area contributed by atoms with Crippen molar-refractivity contribution in [3.63, 3.8) is 0 Å². The number of hydrogen-bond donors (Lipinski definition) is 0. The second-order valence-electron chi connectivity index (χ2n) is 5.91. The minimum atomic E-state index is -0.0379. The van der Waals surface area contributed by atoms with Gasteiger partial charge in [-0.25, -0.2) is 0 Å². The molecule has 0 aliphatic carbocycles. The topological polar surface area (TPSA) is 15.6 Å². The lowest BCUT2D eigenvalue weighted by Crippen LogP contribution is -2.42. The van der Waals surface area contributed by atoms with Crippen molar-refractivity contribution in [2.24, 2.45) is 10.9 Å². The molecule has 2 aliphatic heterocycles. The number of rotatable bonds is 3. The van der Waals surface area contributed by atoms with Crippen molar-refractivity contribution in [2.75, 3.05) is 13.1 Å². The molecule has 0 aromatic heterocycles. The fraction of sp³-hybridized carbons (Fsp3) is 0.929. The van der Waals surface area contributed by atoms with Crippen LogP contribution in [0.4, 0.5) is 0 Å². The van der Waals surface area contributed by atoms with E-state index in [1.807, 2.05) is 0 Å². The molecule has 0 N–H and O–H groups in total. The summed E-state index contributed by atoms with van der Waals surface area (Å²) in [6.45, 7) is 11.9. The van der Waals surface area contributed by atoms with Crippen LogP contribution < -0.4 is 0 Å². The first-order valence-electron chi connectivity index (χ1n) is 7.21. The molecule has 0 aromatic carbocycles. The maximum absolute atomic E-state index is 4.88. The minimum Gasteiger partial charge on any atom is -0.339 e. The zero-order chi connectivity index (χ0) is 12.4. The van der Waals surface area contributed by atoms with Gasteiger partial charge >= 0.3 is 0 Å². The number of amidine groups is 1. The Balaban J connectivity index is 2.20. The molecule has 0 spiro atoms. The third kappa shape index (κ3) is 2.84. The molecule has 0 aromatic rings. The average Bonchev–Trinajstić information content (AvgIpc) is 2.28. The molecule has 3 heteroatoms. The summed E-state index contributed by atoms with van der Waals surface area (Å²) < 4.78 is 2.72. The lowest BCUT2D eigenvalue weighted by atomic mass is 9.91. The van der Waals surface area contributed by atoms with Crippen LogP contribution >= 0.6 is 8.07 Å². The molecular formula is C14H27N2P. The molecule has 0 radical (unpaired) electrons. The van der Waals surface area contributed by atoms with E-state index in [2.05, 4.69) is 32.4 Å². The molecule has 0 amide bonds. The fourth-order valence-corrected chi connectivity index (χ4v) is 6.49. The molecule has 2 heterocycles. The summed E-state index contributed by atoms with van der Waals surface area (Å²) >= 11 is 0. The Kier molecular flexibility index (Phi) is 4.47. The molecule has 17 heavy (non-hydrogen) atoms. The standard InChI is InChI=1S/C14H27N2P/c1-11(2)17(12(3)4)16-10-6-8-13-7-5-9-15-14(13)16/h11-13H,5-10H2,1-4H3. The molecule has 2 aliphatic rings. The maximum Gasteiger partial charge on any atom is 0.105 e. The second-order valence-corrected chi connectivity index (χ2v) is 9.22. The van der Waals surface area contributed by atoms with Crippen LogP contribution in [0.15, 0.2) is 4.99 Å². The van der Waals surface area contributed by atoms with E-state index in [4.69, 9.17) is 4.99 Å². The van der Waals surface area contributed by atoms with Crippen LogP contribution in [-0.4, -0.2) is 34.9 Å². The highest BCUT2D eigenvalue weighted by atomic mass is 31.1. The van der Waals surface area contributed by atoms with Crippen molar-refractivity contribution in [1.82, 2.24) is 4.67 Å². The van der Waals surface area contributed by atoms with E-state index in [1.54, 1.807) is 0 Å². The fourth-order valence-electron chi connectivity index (χ4n) is 3.34. The molecule has 1 atom stereocenters. The Bertz CT molecular complexity index is 278. The van der Waals surface area contributed by atoms with Crippen molar-refractivity contribution in [2.45, 2.75) is 64.7 Å². The first-order valence-corrected chi connectivity index (χ1v) is 8.64. The van der Waals surface area contributed by atoms with Crippen molar-refractivity contribution in [3.05, 3.63) is 0 Å². The molecule has 2 nitrogen and oxygen atoms in total. The summed E-state index contributed by atoms with van der Waals surface area (Å²) in [5.74, 6) is 2.27. The normalized spacial score (nSPS) is 25.5. The van der Waals surface area contributed by atoms with Gasteiger partial charge in [0, 0.05) is 19.0 Å². The smallest absolute Gasteiger partial charge is 0.105 e. The highest BCUT2D eigenvalue weighted by Crippen LogP contribution is 2.52. The van der Waals surface area contributed by atoms with Crippen LogP contribution in [0.2, 0.25) is 0 Å². The minimum absolute atomic E-state index is 0.0379. The largest absolute Gasteiger partial charge is 0.339 e. The molecule has 0 saturated carbocycles. The summed E-state index contributed by atoms with van der Waals surface area (Å²) in [6, 6.07) is 0. The van der Waals surface area contributed by atoms with Gasteiger partial charge in [0.1, 0.15) is 5.84 Å².